The number of anilines is 1. The minimum atomic E-state index is -0.335. The molecule has 0 spiro atoms. The van der Waals surface area contributed by atoms with Crippen LogP contribution in [0.3, 0.4) is 0 Å². The first-order chi connectivity index (χ1) is 11.0. The second-order valence-corrected chi connectivity index (χ2v) is 5.31. The van der Waals surface area contributed by atoms with Crippen LogP contribution in [0.1, 0.15) is 10.4 Å². The molecular formula is C16H15Cl2NO4. The Balaban J connectivity index is 2.31. The van der Waals surface area contributed by atoms with Gasteiger partial charge in [0.05, 0.1) is 31.4 Å². The van der Waals surface area contributed by atoms with Crippen molar-refractivity contribution < 1.29 is 19.0 Å². The Morgan fingerprint density at radius 2 is 1.52 bits per heavy atom. The van der Waals surface area contributed by atoms with Crippen LogP contribution in [0, 0.1) is 0 Å². The molecule has 0 bridgehead atoms. The second-order valence-electron chi connectivity index (χ2n) is 4.50. The summed E-state index contributed by atoms with van der Waals surface area (Å²) >= 11 is 11.8. The highest BCUT2D eigenvalue weighted by atomic mass is 35.5. The number of hydrogen-bond acceptors (Lipinski definition) is 4. The first kappa shape index (κ1) is 17.2. The predicted molar refractivity (Wildman–Crippen MR) is 90.5 cm³/mol. The Hall–Kier alpha value is -2.11. The van der Waals surface area contributed by atoms with E-state index in [4.69, 9.17) is 37.4 Å². The number of rotatable bonds is 5. The van der Waals surface area contributed by atoms with Crippen molar-refractivity contribution in [2.24, 2.45) is 0 Å². The lowest BCUT2D eigenvalue weighted by Gasteiger charge is -2.14. The fourth-order valence-corrected chi connectivity index (χ4v) is 2.29. The maximum absolute atomic E-state index is 12.3. The van der Waals surface area contributed by atoms with Gasteiger partial charge in [0.15, 0.2) is 11.5 Å². The Kier molecular flexibility index (Phi) is 5.58. The van der Waals surface area contributed by atoms with Crippen LogP contribution in [0.4, 0.5) is 5.69 Å². The summed E-state index contributed by atoms with van der Waals surface area (Å²) in [7, 11) is 4.51. The molecule has 2 aromatic rings. The van der Waals surface area contributed by atoms with Crippen molar-refractivity contribution in [1.82, 2.24) is 0 Å². The maximum Gasteiger partial charge on any atom is 0.255 e. The number of carbonyl (C=O) groups excluding carboxylic acids is 1. The average molecular weight is 356 g/mol. The summed E-state index contributed by atoms with van der Waals surface area (Å²) < 4.78 is 15.7. The second kappa shape index (κ2) is 7.44. The number of halogens is 2. The molecule has 0 aliphatic rings. The molecule has 1 N–H and O–H groups in total. The molecular weight excluding hydrogens is 341 g/mol. The minimum absolute atomic E-state index is 0.309. The number of benzene rings is 2. The summed E-state index contributed by atoms with van der Waals surface area (Å²) in [4.78, 5) is 12.3. The molecule has 0 heterocycles. The highest BCUT2D eigenvalue weighted by Gasteiger charge is 2.15. The highest BCUT2D eigenvalue weighted by Crippen LogP contribution is 2.40. The molecule has 0 aromatic heterocycles. The quantitative estimate of drug-likeness (QED) is 0.869. The van der Waals surface area contributed by atoms with E-state index in [1.165, 1.54) is 27.4 Å². The standard InChI is InChI=1S/C16H15Cl2NO4/c1-21-13-7-10(8-14(22-2)15(13)23-3)19-16(20)9-4-5-11(17)12(18)6-9/h4-8H,1-3H3,(H,19,20). The molecule has 0 unspecified atom stereocenters. The zero-order valence-corrected chi connectivity index (χ0v) is 14.3. The maximum atomic E-state index is 12.3. The third-order valence-corrected chi connectivity index (χ3v) is 3.84. The van der Waals surface area contributed by atoms with Crippen LogP contribution in [0.15, 0.2) is 30.3 Å². The molecule has 0 atom stereocenters. The lowest BCUT2D eigenvalue weighted by atomic mass is 10.2. The van der Waals surface area contributed by atoms with Gasteiger partial charge >= 0.3 is 0 Å². The van der Waals surface area contributed by atoms with Crippen molar-refractivity contribution >= 4 is 34.8 Å². The van der Waals surface area contributed by atoms with Gasteiger partial charge < -0.3 is 19.5 Å². The molecule has 1 amide bonds. The number of methoxy groups -OCH3 is 3. The van der Waals surface area contributed by atoms with E-state index in [1.54, 1.807) is 24.3 Å². The van der Waals surface area contributed by atoms with Crippen LogP contribution in [-0.2, 0) is 0 Å². The van der Waals surface area contributed by atoms with Gasteiger partial charge in [-0.3, -0.25) is 4.79 Å². The van der Waals surface area contributed by atoms with Crippen LogP contribution >= 0.6 is 23.2 Å². The zero-order chi connectivity index (χ0) is 17.0. The number of carbonyl (C=O) groups is 1. The number of amides is 1. The van der Waals surface area contributed by atoms with Crippen LogP contribution in [0.25, 0.3) is 0 Å². The summed E-state index contributed by atoms with van der Waals surface area (Å²) in [6.07, 6.45) is 0. The average Bonchev–Trinajstić information content (AvgIpc) is 2.56. The molecule has 0 saturated heterocycles. The van der Waals surface area contributed by atoms with Crippen LogP contribution in [0.2, 0.25) is 10.0 Å². The van der Waals surface area contributed by atoms with E-state index < -0.39 is 0 Å². The molecule has 2 rings (SSSR count). The number of nitrogens with one attached hydrogen (secondary N) is 1. The van der Waals surface area contributed by atoms with E-state index in [2.05, 4.69) is 5.32 Å². The molecule has 7 heteroatoms. The van der Waals surface area contributed by atoms with Crippen LogP contribution < -0.4 is 19.5 Å². The molecule has 0 saturated carbocycles. The van der Waals surface area contributed by atoms with Gasteiger partial charge in [0.1, 0.15) is 0 Å². The van der Waals surface area contributed by atoms with Crippen molar-refractivity contribution in [1.29, 1.82) is 0 Å². The van der Waals surface area contributed by atoms with Gasteiger partial charge in [0.2, 0.25) is 5.75 Å². The SMILES string of the molecule is COc1cc(NC(=O)c2ccc(Cl)c(Cl)c2)cc(OC)c1OC. The van der Waals surface area contributed by atoms with Gasteiger partial charge in [-0.05, 0) is 18.2 Å². The van der Waals surface area contributed by atoms with Gasteiger partial charge in [-0.25, -0.2) is 0 Å². The first-order valence-electron chi connectivity index (χ1n) is 6.56. The normalized spacial score (nSPS) is 10.1. The summed E-state index contributed by atoms with van der Waals surface area (Å²) in [6, 6.07) is 7.92. The lowest BCUT2D eigenvalue weighted by Crippen LogP contribution is -2.12. The van der Waals surface area contributed by atoms with Gasteiger partial charge in [-0.1, -0.05) is 23.2 Å². The van der Waals surface area contributed by atoms with Crippen molar-refractivity contribution in [3.05, 3.63) is 45.9 Å². The van der Waals surface area contributed by atoms with E-state index in [0.717, 1.165) is 0 Å². The zero-order valence-electron chi connectivity index (χ0n) is 12.8. The number of ether oxygens (including phenoxy) is 3. The van der Waals surface area contributed by atoms with Gasteiger partial charge in [0, 0.05) is 23.4 Å². The van der Waals surface area contributed by atoms with E-state index in [0.29, 0.717) is 38.5 Å². The van der Waals surface area contributed by atoms with Crippen molar-refractivity contribution in [2.75, 3.05) is 26.6 Å². The van der Waals surface area contributed by atoms with Crippen molar-refractivity contribution in [3.8, 4) is 17.2 Å². The lowest BCUT2D eigenvalue weighted by molar-refractivity contribution is 0.102. The molecule has 0 aliphatic carbocycles. The van der Waals surface area contributed by atoms with Crippen molar-refractivity contribution in [2.45, 2.75) is 0 Å². The highest BCUT2D eigenvalue weighted by molar-refractivity contribution is 6.42. The Morgan fingerprint density at radius 3 is 2.00 bits per heavy atom. The molecule has 23 heavy (non-hydrogen) atoms. The van der Waals surface area contributed by atoms with Gasteiger partial charge in [0.25, 0.3) is 5.91 Å². The largest absolute Gasteiger partial charge is 0.493 e. The van der Waals surface area contributed by atoms with Crippen molar-refractivity contribution in [3.63, 3.8) is 0 Å². The molecule has 122 valence electrons. The summed E-state index contributed by atoms with van der Waals surface area (Å²) in [5.41, 5.74) is 0.878. The van der Waals surface area contributed by atoms with E-state index in [1.807, 2.05) is 0 Å². The molecule has 0 aliphatic heterocycles. The molecule has 5 nitrogen and oxygen atoms in total. The van der Waals surface area contributed by atoms with E-state index in [-0.39, 0.29) is 5.91 Å². The molecule has 0 radical (unpaired) electrons. The fourth-order valence-electron chi connectivity index (χ4n) is 1.99. The Morgan fingerprint density at radius 1 is 0.913 bits per heavy atom. The third-order valence-electron chi connectivity index (χ3n) is 3.10. The van der Waals surface area contributed by atoms with E-state index >= 15 is 0 Å². The number of hydrogen-bond donors (Lipinski definition) is 1. The third kappa shape index (κ3) is 3.81. The van der Waals surface area contributed by atoms with E-state index in [9.17, 15) is 4.79 Å². The Labute approximate surface area is 144 Å². The van der Waals surface area contributed by atoms with Crippen LogP contribution in [-0.4, -0.2) is 27.2 Å². The molecule has 0 fully saturated rings. The van der Waals surface area contributed by atoms with Gasteiger partial charge in [-0.2, -0.15) is 0 Å². The summed E-state index contributed by atoms with van der Waals surface area (Å²) in [5, 5.41) is 3.44. The minimum Gasteiger partial charge on any atom is -0.493 e. The monoisotopic (exact) mass is 355 g/mol. The Bertz CT molecular complexity index is 709. The molecule has 2 aromatic carbocycles. The van der Waals surface area contributed by atoms with Crippen LogP contribution in [0.5, 0.6) is 17.2 Å². The van der Waals surface area contributed by atoms with Gasteiger partial charge in [-0.15, -0.1) is 0 Å². The topological polar surface area (TPSA) is 56.8 Å². The summed E-state index contributed by atoms with van der Waals surface area (Å²) in [6.45, 7) is 0. The smallest absolute Gasteiger partial charge is 0.255 e. The predicted octanol–water partition coefficient (Wildman–Crippen LogP) is 4.27. The summed E-state index contributed by atoms with van der Waals surface area (Å²) in [5.74, 6) is 0.993. The first-order valence-corrected chi connectivity index (χ1v) is 7.32. The fraction of sp³-hybridized carbons (Fsp3) is 0.188.